The summed E-state index contributed by atoms with van der Waals surface area (Å²) < 4.78 is 5.28. The van der Waals surface area contributed by atoms with Crippen LogP contribution in [0.3, 0.4) is 0 Å². The molecule has 0 unspecified atom stereocenters. The van der Waals surface area contributed by atoms with Crippen molar-refractivity contribution < 1.29 is 9.53 Å². The van der Waals surface area contributed by atoms with E-state index in [0.29, 0.717) is 23.0 Å². The average molecular weight is 419 g/mol. The van der Waals surface area contributed by atoms with Crippen LogP contribution in [0.1, 0.15) is 18.4 Å². The lowest BCUT2D eigenvalue weighted by atomic mass is 9.76. The lowest BCUT2D eigenvalue weighted by Crippen LogP contribution is -2.45. The number of methoxy groups -OCH3 is 1. The molecule has 150 valence electrons. The number of amides is 1. The largest absolute Gasteiger partial charge is 0.495 e. The second-order valence-electron chi connectivity index (χ2n) is 7.36. The summed E-state index contributed by atoms with van der Waals surface area (Å²) in [6.07, 6.45) is 7.20. The predicted molar refractivity (Wildman–Crippen MR) is 117 cm³/mol. The van der Waals surface area contributed by atoms with Crippen LogP contribution in [0.2, 0.25) is 5.02 Å². The minimum Gasteiger partial charge on any atom is -0.495 e. The molecule has 0 saturated heterocycles. The van der Waals surface area contributed by atoms with Crippen molar-refractivity contribution >= 4 is 40.1 Å². The van der Waals surface area contributed by atoms with E-state index in [0.717, 1.165) is 28.7 Å². The highest BCUT2D eigenvalue weighted by Crippen LogP contribution is 2.37. The van der Waals surface area contributed by atoms with Gasteiger partial charge in [0.1, 0.15) is 5.75 Å². The SMILES string of the molecule is COc1ccc(C2=NN(c3cnc4ccccc4n3)C(=O)[C@@H]3CC=CC[C@H]23)cc1Cl. The van der Waals surface area contributed by atoms with Gasteiger partial charge in [0.15, 0.2) is 5.82 Å². The van der Waals surface area contributed by atoms with Crippen LogP contribution in [0, 0.1) is 11.8 Å². The minimum atomic E-state index is -0.198. The van der Waals surface area contributed by atoms with Crippen LogP contribution in [-0.2, 0) is 4.79 Å². The van der Waals surface area contributed by atoms with Gasteiger partial charge in [0, 0.05) is 5.92 Å². The van der Waals surface area contributed by atoms with Crippen LogP contribution in [0.4, 0.5) is 5.82 Å². The van der Waals surface area contributed by atoms with E-state index >= 15 is 0 Å². The summed E-state index contributed by atoms with van der Waals surface area (Å²) in [6.45, 7) is 0. The van der Waals surface area contributed by atoms with Crippen molar-refractivity contribution in [3.63, 3.8) is 0 Å². The molecule has 2 aromatic carbocycles. The first-order chi connectivity index (χ1) is 14.7. The number of hydrogen-bond acceptors (Lipinski definition) is 5. The summed E-state index contributed by atoms with van der Waals surface area (Å²) in [5, 5.41) is 6.66. The molecule has 0 fully saturated rings. The highest BCUT2D eigenvalue weighted by molar-refractivity contribution is 6.32. The Balaban J connectivity index is 1.63. The minimum absolute atomic E-state index is 0.00312. The van der Waals surface area contributed by atoms with Gasteiger partial charge in [0.25, 0.3) is 5.91 Å². The lowest BCUT2D eigenvalue weighted by molar-refractivity contribution is -0.123. The molecule has 1 aliphatic heterocycles. The van der Waals surface area contributed by atoms with Gasteiger partial charge in [-0.15, -0.1) is 0 Å². The molecule has 7 heteroatoms. The normalized spacial score (nSPS) is 20.8. The first-order valence-electron chi connectivity index (χ1n) is 9.79. The van der Waals surface area contributed by atoms with Gasteiger partial charge in [0.2, 0.25) is 0 Å². The maximum Gasteiger partial charge on any atom is 0.252 e. The number of rotatable bonds is 3. The summed E-state index contributed by atoms with van der Waals surface area (Å²) >= 11 is 6.37. The number of halogens is 1. The third kappa shape index (κ3) is 3.13. The van der Waals surface area contributed by atoms with E-state index in [-0.39, 0.29) is 17.7 Å². The Kier molecular flexibility index (Phi) is 4.71. The Labute approximate surface area is 178 Å². The number of hydrogen-bond donors (Lipinski definition) is 0. The molecule has 2 atom stereocenters. The van der Waals surface area contributed by atoms with Crippen molar-refractivity contribution in [2.45, 2.75) is 12.8 Å². The number of carbonyl (C=O) groups is 1. The summed E-state index contributed by atoms with van der Waals surface area (Å²) in [4.78, 5) is 22.4. The van der Waals surface area contributed by atoms with E-state index in [4.69, 9.17) is 21.4 Å². The summed E-state index contributed by atoms with van der Waals surface area (Å²) in [5.74, 6) is 0.764. The Morgan fingerprint density at radius 3 is 2.60 bits per heavy atom. The summed E-state index contributed by atoms with van der Waals surface area (Å²) in [5.41, 5.74) is 3.19. The number of ether oxygens (including phenoxy) is 1. The quantitative estimate of drug-likeness (QED) is 0.582. The highest BCUT2D eigenvalue weighted by Gasteiger charge is 2.41. The first-order valence-corrected chi connectivity index (χ1v) is 10.2. The number of benzene rings is 2. The van der Waals surface area contributed by atoms with Crippen molar-refractivity contribution in [2.75, 3.05) is 12.1 Å². The number of para-hydroxylation sites is 2. The van der Waals surface area contributed by atoms with Crippen molar-refractivity contribution in [1.82, 2.24) is 9.97 Å². The molecule has 3 aromatic rings. The molecule has 30 heavy (non-hydrogen) atoms. The van der Waals surface area contributed by atoms with Crippen LogP contribution < -0.4 is 9.75 Å². The van der Waals surface area contributed by atoms with Crippen LogP contribution in [0.25, 0.3) is 11.0 Å². The van der Waals surface area contributed by atoms with E-state index in [1.54, 1.807) is 13.3 Å². The lowest BCUT2D eigenvalue weighted by Gasteiger charge is -2.36. The van der Waals surface area contributed by atoms with Gasteiger partial charge in [-0.2, -0.15) is 10.1 Å². The number of fused-ring (bicyclic) bond motifs is 2. The van der Waals surface area contributed by atoms with Gasteiger partial charge in [0.05, 0.1) is 41.0 Å². The summed E-state index contributed by atoms with van der Waals surface area (Å²) in [6, 6.07) is 13.2. The molecular weight excluding hydrogens is 400 g/mol. The first kappa shape index (κ1) is 18.8. The third-order valence-electron chi connectivity index (χ3n) is 5.62. The van der Waals surface area contributed by atoms with E-state index in [9.17, 15) is 4.79 Å². The zero-order chi connectivity index (χ0) is 20.7. The fourth-order valence-electron chi connectivity index (χ4n) is 4.09. The van der Waals surface area contributed by atoms with Crippen molar-refractivity contribution in [2.24, 2.45) is 16.9 Å². The van der Waals surface area contributed by atoms with E-state index in [1.807, 2.05) is 42.5 Å². The zero-order valence-corrected chi connectivity index (χ0v) is 17.1. The van der Waals surface area contributed by atoms with E-state index < -0.39 is 0 Å². The van der Waals surface area contributed by atoms with Crippen molar-refractivity contribution in [1.29, 1.82) is 0 Å². The fourth-order valence-corrected chi connectivity index (χ4v) is 4.35. The second kappa shape index (κ2) is 7.54. The topological polar surface area (TPSA) is 67.7 Å². The van der Waals surface area contributed by atoms with Crippen LogP contribution >= 0.6 is 11.6 Å². The molecule has 0 saturated carbocycles. The fraction of sp³-hybridized carbons (Fsp3) is 0.217. The summed E-state index contributed by atoms with van der Waals surface area (Å²) in [7, 11) is 1.58. The van der Waals surface area contributed by atoms with Gasteiger partial charge in [-0.25, -0.2) is 4.98 Å². The molecule has 1 aromatic heterocycles. The Morgan fingerprint density at radius 2 is 1.83 bits per heavy atom. The Morgan fingerprint density at radius 1 is 1.07 bits per heavy atom. The molecule has 0 N–H and O–H groups in total. The predicted octanol–water partition coefficient (Wildman–Crippen LogP) is 4.63. The monoisotopic (exact) mass is 418 g/mol. The van der Waals surface area contributed by atoms with E-state index in [1.165, 1.54) is 5.01 Å². The smallest absolute Gasteiger partial charge is 0.252 e. The van der Waals surface area contributed by atoms with Crippen LogP contribution in [-0.4, -0.2) is 28.7 Å². The average Bonchev–Trinajstić information content (AvgIpc) is 2.79. The zero-order valence-electron chi connectivity index (χ0n) is 16.3. The number of carbonyl (C=O) groups excluding carboxylic acids is 1. The number of anilines is 1. The van der Waals surface area contributed by atoms with Crippen LogP contribution in [0.15, 0.2) is 65.9 Å². The van der Waals surface area contributed by atoms with Crippen molar-refractivity contribution in [3.8, 4) is 5.75 Å². The molecule has 0 radical (unpaired) electrons. The third-order valence-corrected chi connectivity index (χ3v) is 5.91. The Hall–Kier alpha value is -3.25. The van der Waals surface area contributed by atoms with Gasteiger partial charge in [-0.1, -0.05) is 35.9 Å². The maximum atomic E-state index is 13.3. The van der Waals surface area contributed by atoms with Gasteiger partial charge >= 0.3 is 0 Å². The molecule has 5 rings (SSSR count). The Bertz CT molecular complexity index is 1210. The number of nitrogens with zero attached hydrogens (tertiary/aromatic N) is 4. The molecule has 6 nitrogen and oxygen atoms in total. The second-order valence-corrected chi connectivity index (χ2v) is 7.76. The van der Waals surface area contributed by atoms with Gasteiger partial charge in [-0.05, 0) is 48.7 Å². The van der Waals surface area contributed by atoms with Gasteiger partial charge in [-0.3, -0.25) is 9.78 Å². The molecule has 2 heterocycles. The molecule has 1 aliphatic carbocycles. The van der Waals surface area contributed by atoms with Crippen LogP contribution in [0.5, 0.6) is 5.75 Å². The molecule has 0 spiro atoms. The number of allylic oxidation sites excluding steroid dienone is 2. The molecule has 1 amide bonds. The standard InChI is InChI=1S/C23H19ClN4O2/c1-30-20-11-10-14(12-17(20)24)22-15-6-2-3-7-16(15)23(29)28(27-22)21-13-25-18-8-4-5-9-19(18)26-21/h2-5,8-13,15-16H,6-7H2,1H3/t15-,16+/m0/s1. The highest BCUT2D eigenvalue weighted by atomic mass is 35.5. The molecule has 2 aliphatic rings. The number of hydrazone groups is 1. The van der Waals surface area contributed by atoms with Crippen molar-refractivity contribution in [3.05, 3.63) is 71.4 Å². The number of aromatic nitrogens is 2. The molecular formula is C23H19ClN4O2. The van der Waals surface area contributed by atoms with E-state index in [2.05, 4.69) is 22.1 Å². The maximum absolute atomic E-state index is 13.3. The van der Waals surface area contributed by atoms with Gasteiger partial charge < -0.3 is 4.74 Å². The molecule has 0 bridgehead atoms.